The minimum absolute atomic E-state index is 0.312. The zero-order chi connectivity index (χ0) is 17.6. The van der Waals surface area contributed by atoms with Crippen LogP contribution in [0.2, 0.25) is 10.0 Å². The number of rotatable bonds is 4. The lowest BCUT2D eigenvalue weighted by atomic mass is 10.1. The highest BCUT2D eigenvalue weighted by atomic mass is 35.5. The zero-order valence-corrected chi connectivity index (χ0v) is 15.3. The van der Waals surface area contributed by atoms with Gasteiger partial charge in [-0.15, -0.1) is 0 Å². The van der Waals surface area contributed by atoms with Crippen molar-refractivity contribution in [3.63, 3.8) is 0 Å². The Hall–Kier alpha value is -1.88. The number of benzene rings is 2. The van der Waals surface area contributed by atoms with Gasteiger partial charge in [-0.3, -0.25) is 4.79 Å². The smallest absolute Gasteiger partial charge is 0.272 e. The molecule has 0 bridgehead atoms. The molecule has 0 saturated carbocycles. The van der Waals surface area contributed by atoms with Crippen molar-refractivity contribution in [3.8, 4) is 0 Å². The number of hydrogen-bond donors (Lipinski definition) is 2. The second-order valence-electron chi connectivity index (χ2n) is 6.16. The molecule has 1 fully saturated rings. The number of hydrazone groups is 1. The Morgan fingerprint density at radius 3 is 2.48 bits per heavy atom. The van der Waals surface area contributed by atoms with Gasteiger partial charge in [0.2, 0.25) is 0 Å². The lowest BCUT2D eigenvalue weighted by Gasteiger charge is -2.24. The molecule has 1 aliphatic heterocycles. The third-order valence-corrected chi connectivity index (χ3v) is 4.87. The summed E-state index contributed by atoms with van der Waals surface area (Å²) in [5.41, 5.74) is 5.36. The van der Waals surface area contributed by atoms with Crippen molar-refractivity contribution < 1.29 is 9.69 Å². The normalized spacial score (nSPS) is 17.2. The average Bonchev–Trinajstić information content (AvgIpc) is 2.62. The number of likely N-dealkylation sites (tertiary alicyclic amines) is 1. The van der Waals surface area contributed by atoms with E-state index in [1.54, 1.807) is 18.2 Å². The van der Waals surface area contributed by atoms with Gasteiger partial charge in [-0.05, 0) is 18.2 Å². The minimum Gasteiger partial charge on any atom is -0.331 e. The minimum atomic E-state index is -0.312. The van der Waals surface area contributed by atoms with E-state index in [4.69, 9.17) is 23.2 Å². The molecular weight excluding hydrogens is 357 g/mol. The number of nitrogens with one attached hydrogen (secondary N) is 2. The Bertz CT molecular complexity index is 767. The van der Waals surface area contributed by atoms with Crippen molar-refractivity contribution in [1.82, 2.24) is 5.43 Å². The summed E-state index contributed by atoms with van der Waals surface area (Å²) in [5.74, 6) is -0.312. The lowest BCUT2D eigenvalue weighted by molar-refractivity contribution is -0.914. The molecule has 6 heteroatoms. The van der Waals surface area contributed by atoms with Crippen LogP contribution in [0.4, 0.5) is 0 Å². The summed E-state index contributed by atoms with van der Waals surface area (Å²) in [4.78, 5) is 13.7. The van der Waals surface area contributed by atoms with E-state index in [1.807, 2.05) is 6.07 Å². The Kier molecular flexibility index (Phi) is 6.08. The van der Waals surface area contributed by atoms with Crippen LogP contribution in [-0.2, 0) is 6.54 Å². The van der Waals surface area contributed by atoms with E-state index in [0.717, 1.165) is 38.2 Å². The number of nitrogens with zero attached hydrogens (tertiary/aromatic N) is 1. The molecule has 2 N–H and O–H groups in total. The number of carbonyl (C=O) groups is 1. The van der Waals surface area contributed by atoms with E-state index < -0.39 is 0 Å². The molecule has 0 aliphatic carbocycles. The van der Waals surface area contributed by atoms with E-state index in [1.165, 1.54) is 10.5 Å². The molecule has 130 valence electrons. The van der Waals surface area contributed by atoms with Crippen LogP contribution in [0.15, 0.2) is 53.6 Å². The number of hydrogen-bond acceptors (Lipinski definition) is 2. The van der Waals surface area contributed by atoms with E-state index >= 15 is 0 Å². The summed E-state index contributed by atoms with van der Waals surface area (Å²) < 4.78 is 0. The van der Waals surface area contributed by atoms with Crippen LogP contribution in [0.3, 0.4) is 0 Å². The van der Waals surface area contributed by atoms with Crippen LogP contribution in [0.1, 0.15) is 28.8 Å². The fraction of sp³-hybridized carbons (Fsp3) is 0.263. The van der Waals surface area contributed by atoms with E-state index in [9.17, 15) is 4.79 Å². The maximum absolute atomic E-state index is 12.2. The molecule has 1 saturated heterocycles. The topological polar surface area (TPSA) is 45.9 Å². The second-order valence-corrected chi connectivity index (χ2v) is 7.00. The highest BCUT2D eigenvalue weighted by Crippen LogP contribution is 2.20. The van der Waals surface area contributed by atoms with Gasteiger partial charge in [0.25, 0.3) is 5.91 Å². The van der Waals surface area contributed by atoms with Crippen molar-refractivity contribution in [2.24, 2.45) is 5.10 Å². The van der Waals surface area contributed by atoms with E-state index in [0.29, 0.717) is 15.6 Å². The van der Waals surface area contributed by atoms with Gasteiger partial charge in [0, 0.05) is 29.1 Å². The first-order chi connectivity index (χ1) is 12.1. The van der Waals surface area contributed by atoms with Gasteiger partial charge >= 0.3 is 0 Å². The third-order valence-electron chi connectivity index (χ3n) is 4.32. The van der Waals surface area contributed by atoms with E-state index in [2.05, 4.69) is 34.8 Å². The number of piperidine rings is 1. The van der Waals surface area contributed by atoms with E-state index in [-0.39, 0.29) is 5.91 Å². The summed E-state index contributed by atoms with van der Waals surface area (Å²) in [6.07, 6.45) is 1.77. The first-order valence-corrected chi connectivity index (χ1v) is 9.06. The monoisotopic (exact) mass is 376 g/mol. The third kappa shape index (κ3) is 5.05. The highest BCUT2D eigenvalue weighted by molar-refractivity contribution is 6.36. The summed E-state index contributed by atoms with van der Waals surface area (Å²) in [7, 11) is 0. The van der Waals surface area contributed by atoms with Gasteiger partial charge in [-0.25, -0.2) is 5.43 Å². The van der Waals surface area contributed by atoms with Gasteiger partial charge in [0.15, 0.2) is 0 Å². The molecule has 1 heterocycles. The number of halogens is 2. The molecule has 25 heavy (non-hydrogen) atoms. The van der Waals surface area contributed by atoms with Crippen molar-refractivity contribution in [3.05, 3.63) is 69.7 Å². The average molecular weight is 377 g/mol. The summed E-state index contributed by atoms with van der Waals surface area (Å²) in [6.45, 7) is 3.07. The van der Waals surface area contributed by atoms with Gasteiger partial charge in [0.1, 0.15) is 6.54 Å². The molecule has 0 aromatic heterocycles. The molecule has 0 spiro atoms. The molecule has 2 aromatic rings. The number of amides is 1. The first-order valence-electron chi connectivity index (χ1n) is 8.30. The van der Waals surface area contributed by atoms with Crippen molar-refractivity contribution in [2.45, 2.75) is 19.4 Å². The predicted molar refractivity (Wildman–Crippen MR) is 101 cm³/mol. The number of quaternary nitrogens is 1. The molecule has 0 unspecified atom stereocenters. The fourth-order valence-electron chi connectivity index (χ4n) is 2.93. The first kappa shape index (κ1) is 17.9. The summed E-state index contributed by atoms with van der Waals surface area (Å²) in [5, 5.41) is 5.10. The van der Waals surface area contributed by atoms with Crippen LogP contribution in [-0.4, -0.2) is 24.7 Å². The quantitative estimate of drug-likeness (QED) is 0.791. The standard InChI is InChI=1S/C19H19Cl2N3O/c20-15-6-7-17(18(21)12-15)19(25)23-22-16-8-10-24(11-9-16)13-14-4-2-1-3-5-14/h1-7,12H,8-11,13H2,(H,23,25)/p+1. The fourth-order valence-corrected chi connectivity index (χ4v) is 3.42. The largest absolute Gasteiger partial charge is 0.331 e. The maximum Gasteiger partial charge on any atom is 0.272 e. The SMILES string of the molecule is O=C(NN=C1CC[NH+](Cc2ccccc2)CC1)c1ccc(Cl)cc1Cl. The molecule has 1 aliphatic rings. The molecular formula is C19H20Cl2N3O+. The van der Waals surface area contributed by atoms with Crippen LogP contribution >= 0.6 is 23.2 Å². The lowest BCUT2D eigenvalue weighted by Crippen LogP contribution is -3.11. The Labute approximate surface area is 157 Å². The predicted octanol–water partition coefficient (Wildman–Crippen LogP) is 2.96. The molecule has 0 radical (unpaired) electrons. The maximum atomic E-state index is 12.2. The van der Waals surface area contributed by atoms with Crippen molar-refractivity contribution in [1.29, 1.82) is 0 Å². The van der Waals surface area contributed by atoms with Gasteiger partial charge < -0.3 is 4.90 Å². The van der Waals surface area contributed by atoms with Crippen LogP contribution in [0.5, 0.6) is 0 Å². The van der Waals surface area contributed by atoms with Gasteiger partial charge in [-0.1, -0.05) is 53.5 Å². The Morgan fingerprint density at radius 1 is 1.08 bits per heavy atom. The van der Waals surface area contributed by atoms with Crippen molar-refractivity contribution >= 4 is 34.8 Å². The van der Waals surface area contributed by atoms with Crippen molar-refractivity contribution in [2.75, 3.05) is 13.1 Å². The Balaban J connectivity index is 1.51. The Morgan fingerprint density at radius 2 is 1.80 bits per heavy atom. The van der Waals surface area contributed by atoms with Crippen LogP contribution in [0.25, 0.3) is 0 Å². The van der Waals surface area contributed by atoms with Crippen LogP contribution < -0.4 is 10.3 Å². The zero-order valence-electron chi connectivity index (χ0n) is 13.8. The highest BCUT2D eigenvalue weighted by Gasteiger charge is 2.19. The summed E-state index contributed by atoms with van der Waals surface area (Å²) in [6, 6.07) is 15.3. The summed E-state index contributed by atoms with van der Waals surface area (Å²) >= 11 is 11.9. The molecule has 1 amide bonds. The van der Waals surface area contributed by atoms with Gasteiger partial charge in [0.05, 0.1) is 23.7 Å². The number of carbonyl (C=O) groups excluding carboxylic acids is 1. The molecule has 2 aromatic carbocycles. The van der Waals surface area contributed by atoms with Crippen LogP contribution in [0, 0.1) is 0 Å². The molecule has 3 rings (SSSR count). The second kappa shape index (κ2) is 8.48. The molecule has 0 atom stereocenters. The molecule has 4 nitrogen and oxygen atoms in total. The van der Waals surface area contributed by atoms with Gasteiger partial charge in [-0.2, -0.15) is 5.10 Å².